The molecular weight excluding hydrogens is 419 g/mol. The molecule has 168 valence electrons. The average molecular weight is 449 g/mol. The van der Waals surface area contributed by atoms with Crippen LogP contribution in [-0.2, 0) is 16.6 Å². The number of carbonyl (C=O) groups is 1. The Morgan fingerprint density at radius 2 is 1.81 bits per heavy atom. The first-order valence-corrected chi connectivity index (χ1v) is 11.8. The Morgan fingerprint density at radius 1 is 1.13 bits per heavy atom. The zero-order valence-corrected chi connectivity index (χ0v) is 18.9. The number of nitrogens with zero attached hydrogens (tertiary/aromatic N) is 2. The zero-order valence-electron chi connectivity index (χ0n) is 18.1. The van der Waals surface area contributed by atoms with E-state index >= 15 is 0 Å². The summed E-state index contributed by atoms with van der Waals surface area (Å²) in [6.45, 7) is 2.88. The Kier molecular flexibility index (Phi) is 7.17. The van der Waals surface area contributed by atoms with Crippen LogP contribution in [0.25, 0.3) is 0 Å². The Hall–Kier alpha value is -2.65. The lowest BCUT2D eigenvalue weighted by molar-refractivity contribution is 0.252. The van der Waals surface area contributed by atoms with Gasteiger partial charge in [0.1, 0.15) is 5.82 Å². The lowest BCUT2D eigenvalue weighted by Crippen LogP contribution is -2.33. The molecular formula is C22H29FN4O3S. The molecule has 0 radical (unpaired) electrons. The quantitative estimate of drug-likeness (QED) is 0.614. The van der Waals surface area contributed by atoms with Crippen molar-refractivity contribution in [1.82, 2.24) is 9.62 Å². The summed E-state index contributed by atoms with van der Waals surface area (Å²) < 4.78 is 41.5. The van der Waals surface area contributed by atoms with Gasteiger partial charge in [0.2, 0.25) is 10.0 Å². The minimum absolute atomic E-state index is 0.0672. The molecule has 2 aromatic rings. The first-order valence-electron chi connectivity index (χ1n) is 10.3. The highest BCUT2D eigenvalue weighted by Gasteiger charge is 2.32. The standard InChI is InChI=1S/C22H29FN4O3S/c1-4-24-22(28)25-19-9-12-21(26(2)3)17(13-19)15-27(14-16-5-6-16)31(29,30)20-10-7-18(23)8-11-20/h7-13,16H,4-6,14-15H2,1-3H3,(H2,24,25,28). The van der Waals surface area contributed by atoms with E-state index in [0.29, 0.717) is 24.7 Å². The predicted molar refractivity (Wildman–Crippen MR) is 120 cm³/mol. The minimum Gasteiger partial charge on any atom is -0.377 e. The molecule has 0 aromatic heterocycles. The van der Waals surface area contributed by atoms with Crippen molar-refractivity contribution in [1.29, 1.82) is 0 Å². The van der Waals surface area contributed by atoms with Gasteiger partial charge in [-0.3, -0.25) is 0 Å². The van der Waals surface area contributed by atoms with Gasteiger partial charge in [-0.05, 0) is 73.7 Å². The highest BCUT2D eigenvalue weighted by molar-refractivity contribution is 7.89. The van der Waals surface area contributed by atoms with Crippen molar-refractivity contribution in [2.75, 3.05) is 37.4 Å². The van der Waals surface area contributed by atoms with Crippen LogP contribution in [0, 0.1) is 11.7 Å². The highest BCUT2D eigenvalue weighted by Crippen LogP contribution is 2.34. The fraction of sp³-hybridized carbons (Fsp3) is 0.409. The summed E-state index contributed by atoms with van der Waals surface area (Å²) in [6, 6.07) is 10.0. The summed E-state index contributed by atoms with van der Waals surface area (Å²) in [7, 11) is -0.0409. The molecule has 1 aliphatic carbocycles. The van der Waals surface area contributed by atoms with Crippen LogP contribution in [0.5, 0.6) is 0 Å². The van der Waals surface area contributed by atoms with Gasteiger partial charge in [0.25, 0.3) is 0 Å². The molecule has 0 aliphatic heterocycles. The molecule has 0 saturated heterocycles. The maximum Gasteiger partial charge on any atom is 0.319 e. The fourth-order valence-corrected chi connectivity index (χ4v) is 4.84. The van der Waals surface area contributed by atoms with Crippen LogP contribution in [-0.4, -0.2) is 45.9 Å². The highest BCUT2D eigenvalue weighted by atomic mass is 32.2. The van der Waals surface area contributed by atoms with E-state index in [-0.39, 0.29) is 17.5 Å². The van der Waals surface area contributed by atoms with E-state index in [1.54, 1.807) is 12.1 Å². The van der Waals surface area contributed by atoms with Crippen molar-refractivity contribution in [2.45, 2.75) is 31.2 Å². The van der Waals surface area contributed by atoms with Gasteiger partial charge in [0.05, 0.1) is 4.90 Å². The van der Waals surface area contributed by atoms with E-state index in [0.717, 1.165) is 36.2 Å². The van der Waals surface area contributed by atoms with Crippen molar-refractivity contribution >= 4 is 27.4 Å². The molecule has 31 heavy (non-hydrogen) atoms. The van der Waals surface area contributed by atoms with E-state index in [9.17, 15) is 17.6 Å². The molecule has 0 spiro atoms. The molecule has 9 heteroatoms. The summed E-state index contributed by atoms with van der Waals surface area (Å²) in [5.41, 5.74) is 2.21. The van der Waals surface area contributed by atoms with E-state index in [1.165, 1.54) is 16.4 Å². The molecule has 1 fully saturated rings. The van der Waals surface area contributed by atoms with Gasteiger partial charge < -0.3 is 15.5 Å². The monoisotopic (exact) mass is 448 g/mol. The number of hydrogen-bond acceptors (Lipinski definition) is 4. The number of sulfonamides is 1. The molecule has 2 aromatic carbocycles. The number of carbonyl (C=O) groups excluding carboxylic acids is 1. The van der Waals surface area contributed by atoms with Crippen LogP contribution in [0.15, 0.2) is 47.4 Å². The molecule has 0 atom stereocenters. The maximum absolute atomic E-state index is 13.4. The normalized spacial score (nSPS) is 13.8. The molecule has 7 nitrogen and oxygen atoms in total. The van der Waals surface area contributed by atoms with Crippen molar-refractivity contribution < 1.29 is 17.6 Å². The van der Waals surface area contributed by atoms with Gasteiger partial charge in [-0.25, -0.2) is 17.6 Å². The number of halogens is 1. The largest absolute Gasteiger partial charge is 0.377 e. The van der Waals surface area contributed by atoms with Crippen LogP contribution in [0.2, 0.25) is 0 Å². The maximum atomic E-state index is 13.4. The Bertz CT molecular complexity index is 1020. The summed E-state index contributed by atoms with van der Waals surface area (Å²) in [5, 5.41) is 5.45. The van der Waals surface area contributed by atoms with Crippen molar-refractivity contribution in [3.8, 4) is 0 Å². The topological polar surface area (TPSA) is 81.8 Å². The lowest BCUT2D eigenvalue weighted by Gasteiger charge is -2.26. The fourth-order valence-electron chi connectivity index (χ4n) is 3.34. The summed E-state index contributed by atoms with van der Waals surface area (Å²) in [4.78, 5) is 13.9. The van der Waals surface area contributed by atoms with E-state index in [1.807, 2.05) is 32.0 Å². The molecule has 0 heterocycles. The van der Waals surface area contributed by atoms with Gasteiger partial charge in [-0.2, -0.15) is 4.31 Å². The second-order valence-electron chi connectivity index (χ2n) is 7.92. The summed E-state index contributed by atoms with van der Waals surface area (Å²) in [6.07, 6.45) is 1.99. The van der Waals surface area contributed by atoms with Crippen molar-refractivity contribution in [3.63, 3.8) is 0 Å². The third-order valence-corrected chi connectivity index (χ3v) is 6.94. The van der Waals surface area contributed by atoms with Crippen molar-refractivity contribution in [2.24, 2.45) is 5.92 Å². The molecule has 2 N–H and O–H groups in total. The van der Waals surface area contributed by atoms with Crippen LogP contribution in [0.1, 0.15) is 25.3 Å². The number of benzene rings is 2. The lowest BCUT2D eigenvalue weighted by atomic mass is 10.1. The summed E-state index contributed by atoms with van der Waals surface area (Å²) in [5.74, 6) is -0.151. The summed E-state index contributed by atoms with van der Waals surface area (Å²) >= 11 is 0. The smallest absolute Gasteiger partial charge is 0.319 e. The minimum atomic E-state index is -3.81. The van der Waals surface area contributed by atoms with Gasteiger partial charge in [0, 0.05) is 45.1 Å². The van der Waals surface area contributed by atoms with Gasteiger partial charge in [-0.1, -0.05) is 0 Å². The molecule has 1 aliphatic rings. The third kappa shape index (κ3) is 5.95. The molecule has 2 amide bonds. The zero-order chi connectivity index (χ0) is 22.6. The first kappa shape index (κ1) is 23.0. The van der Waals surface area contributed by atoms with Crippen LogP contribution in [0.3, 0.4) is 0 Å². The van der Waals surface area contributed by atoms with Crippen molar-refractivity contribution in [3.05, 3.63) is 53.8 Å². The number of urea groups is 1. The molecule has 1 saturated carbocycles. The van der Waals surface area contributed by atoms with Crippen LogP contribution in [0.4, 0.5) is 20.6 Å². The third-order valence-electron chi connectivity index (χ3n) is 5.11. The van der Waals surface area contributed by atoms with E-state index < -0.39 is 15.8 Å². The number of amides is 2. The number of anilines is 2. The second kappa shape index (κ2) is 9.65. The molecule has 0 unspecified atom stereocenters. The SMILES string of the molecule is CCNC(=O)Nc1ccc(N(C)C)c(CN(CC2CC2)S(=O)(=O)c2ccc(F)cc2)c1. The average Bonchev–Trinajstić information content (AvgIpc) is 3.52. The van der Waals surface area contributed by atoms with Gasteiger partial charge in [0.15, 0.2) is 0 Å². The Morgan fingerprint density at radius 3 is 2.39 bits per heavy atom. The van der Waals surface area contributed by atoms with Crippen LogP contribution < -0.4 is 15.5 Å². The number of nitrogens with one attached hydrogen (secondary N) is 2. The Balaban J connectivity index is 1.94. The van der Waals surface area contributed by atoms with Gasteiger partial charge >= 0.3 is 6.03 Å². The molecule has 3 rings (SSSR count). The Labute approximate surface area is 183 Å². The molecule has 0 bridgehead atoms. The van der Waals surface area contributed by atoms with E-state index in [4.69, 9.17) is 0 Å². The predicted octanol–water partition coefficient (Wildman–Crippen LogP) is 3.63. The first-order chi connectivity index (χ1) is 14.7. The van der Waals surface area contributed by atoms with E-state index in [2.05, 4.69) is 10.6 Å². The number of hydrogen-bond donors (Lipinski definition) is 2. The van der Waals surface area contributed by atoms with Gasteiger partial charge in [-0.15, -0.1) is 0 Å². The second-order valence-corrected chi connectivity index (χ2v) is 9.86. The van der Waals surface area contributed by atoms with Crippen LogP contribution >= 0.6 is 0 Å². The number of rotatable bonds is 9.